The van der Waals surface area contributed by atoms with Gasteiger partial charge in [-0.15, -0.1) is 0 Å². The molecule has 0 amide bonds. The van der Waals surface area contributed by atoms with E-state index >= 15 is 0 Å². The first kappa shape index (κ1) is 13.3. The molecule has 0 bridgehead atoms. The van der Waals surface area contributed by atoms with E-state index in [0.29, 0.717) is 6.61 Å². The zero-order chi connectivity index (χ0) is 14.8. The number of ether oxygens (including phenoxy) is 1. The van der Waals surface area contributed by atoms with Gasteiger partial charge in [-0.25, -0.2) is 0 Å². The summed E-state index contributed by atoms with van der Waals surface area (Å²) in [5.74, 6) is 0.244. The highest BCUT2D eigenvalue weighted by atomic mass is 16.5. The third-order valence-electron chi connectivity index (χ3n) is 4.40. The average molecular weight is 286 g/mol. The normalized spacial score (nSPS) is 20.4. The van der Waals surface area contributed by atoms with Crippen LogP contribution in [0.3, 0.4) is 0 Å². The molecule has 4 rings (SSSR count). The largest absolute Gasteiger partial charge is 0.368 e. The van der Waals surface area contributed by atoms with Crippen LogP contribution >= 0.6 is 0 Å². The van der Waals surface area contributed by atoms with E-state index in [1.54, 1.807) is 0 Å². The Morgan fingerprint density at radius 2 is 1.23 bits per heavy atom. The van der Waals surface area contributed by atoms with Crippen molar-refractivity contribution in [1.29, 1.82) is 0 Å². The Bertz CT molecular complexity index is 749. The second kappa shape index (κ2) is 5.78. The monoisotopic (exact) mass is 286 g/mol. The highest BCUT2D eigenvalue weighted by molar-refractivity contribution is 5.42. The summed E-state index contributed by atoms with van der Waals surface area (Å²) in [6.45, 7) is 0.680. The number of hydrogen-bond donors (Lipinski definition) is 0. The lowest BCUT2D eigenvalue weighted by Gasteiger charge is -2.34. The summed E-state index contributed by atoms with van der Waals surface area (Å²) in [6, 6.07) is 29.9. The maximum absolute atomic E-state index is 6.26. The van der Waals surface area contributed by atoms with Gasteiger partial charge in [0.25, 0.3) is 0 Å². The molecule has 2 atom stereocenters. The van der Waals surface area contributed by atoms with E-state index in [1.807, 2.05) is 0 Å². The maximum Gasteiger partial charge on any atom is 0.0938 e. The van der Waals surface area contributed by atoms with Crippen molar-refractivity contribution in [3.63, 3.8) is 0 Å². The zero-order valence-corrected chi connectivity index (χ0v) is 12.4. The van der Waals surface area contributed by atoms with E-state index in [4.69, 9.17) is 4.74 Å². The van der Waals surface area contributed by atoms with E-state index in [2.05, 4.69) is 84.9 Å². The van der Waals surface area contributed by atoms with Crippen molar-refractivity contribution in [2.75, 3.05) is 0 Å². The Hall–Kier alpha value is -2.38. The third kappa shape index (κ3) is 2.34. The molecule has 3 aromatic rings. The van der Waals surface area contributed by atoms with Crippen LogP contribution in [-0.2, 0) is 11.3 Å². The van der Waals surface area contributed by atoms with Crippen LogP contribution in [0.4, 0.5) is 0 Å². The van der Waals surface area contributed by atoms with Gasteiger partial charge in [0, 0.05) is 5.92 Å². The van der Waals surface area contributed by atoms with Crippen molar-refractivity contribution >= 4 is 0 Å². The molecule has 1 aliphatic rings. The Morgan fingerprint density at radius 3 is 1.95 bits per heavy atom. The van der Waals surface area contributed by atoms with Crippen molar-refractivity contribution in [3.8, 4) is 0 Å². The van der Waals surface area contributed by atoms with Crippen molar-refractivity contribution < 1.29 is 4.74 Å². The zero-order valence-electron chi connectivity index (χ0n) is 12.4. The Morgan fingerprint density at radius 1 is 0.636 bits per heavy atom. The summed E-state index contributed by atoms with van der Waals surface area (Å²) in [7, 11) is 0. The first-order valence-corrected chi connectivity index (χ1v) is 7.73. The van der Waals surface area contributed by atoms with Crippen molar-refractivity contribution in [1.82, 2.24) is 0 Å². The van der Waals surface area contributed by atoms with Crippen LogP contribution in [-0.4, -0.2) is 0 Å². The van der Waals surface area contributed by atoms with E-state index < -0.39 is 0 Å². The minimum atomic E-state index is 0.0681. The highest BCUT2D eigenvalue weighted by Crippen LogP contribution is 2.44. The first-order valence-electron chi connectivity index (χ1n) is 7.73. The van der Waals surface area contributed by atoms with Gasteiger partial charge < -0.3 is 4.74 Å². The van der Waals surface area contributed by atoms with Crippen molar-refractivity contribution in [2.45, 2.75) is 18.6 Å². The van der Waals surface area contributed by atoms with Gasteiger partial charge in [-0.3, -0.25) is 0 Å². The van der Waals surface area contributed by atoms with Gasteiger partial charge in [-0.1, -0.05) is 84.9 Å². The van der Waals surface area contributed by atoms with Gasteiger partial charge in [0.15, 0.2) is 0 Å². The second-order valence-electron chi connectivity index (χ2n) is 5.73. The Kier molecular flexibility index (Phi) is 3.49. The molecule has 1 nitrogen and oxygen atoms in total. The molecule has 0 aliphatic carbocycles. The van der Waals surface area contributed by atoms with Crippen LogP contribution in [0.2, 0.25) is 0 Å². The number of benzene rings is 3. The van der Waals surface area contributed by atoms with Crippen LogP contribution in [0.25, 0.3) is 0 Å². The lowest BCUT2D eigenvalue weighted by molar-refractivity contribution is 0.0149. The first-order chi connectivity index (χ1) is 10.9. The Balaban J connectivity index is 1.86. The fourth-order valence-corrected chi connectivity index (χ4v) is 3.35. The predicted octanol–water partition coefficient (Wildman–Crippen LogP) is 5.09. The van der Waals surface area contributed by atoms with Gasteiger partial charge in [-0.2, -0.15) is 0 Å². The lowest BCUT2D eigenvalue weighted by atomic mass is 9.80. The lowest BCUT2D eigenvalue weighted by Crippen LogP contribution is -2.22. The van der Waals surface area contributed by atoms with E-state index in [1.165, 1.54) is 22.3 Å². The maximum atomic E-state index is 6.26. The summed E-state index contributed by atoms with van der Waals surface area (Å²) in [5.41, 5.74) is 5.23. The minimum Gasteiger partial charge on any atom is -0.368 e. The fourth-order valence-electron chi connectivity index (χ4n) is 3.35. The van der Waals surface area contributed by atoms with Crippen LogP contribution in [0.15, 0.2) is 84.9 Å². The summed E-state index contributed by atoms with van der Waals surface area (Å²) < 4.78 is 6.26. The molecule has 1 heteroatoms. The van der Waals surface area contributed by atoms with E-state index in [-0.39, 0.29) is 12.0 Å². The predicted molar refractivity (Wildman–Crippen MR) is 88.7 cm³/mol. The van der Waals surface area contributed by atoms with Crippen molar-refractivity contribution in [3.05, 3.63) is 107 Å². The summed E-state index contributed by atoms with van der Waals surface area (Å²) in [5, 5.41) is 0. The smallest absolute Gasteiger partial charge is 0.0938 e. The highest BCUT2D eigenvalue weighted by Gasteiger charge is 2.32. The molecular weight excluding hydrogens is 268 g/mol. The Labute approximate surface area is 131 Å². The van der Waals surface area contributed by atoms with Gasteiger partial charge in [0.2, 0.25) is 0 Å². The number of rotatable bonds is 2. The molecule has 0 unspecified atom stereocenters. The van der Waals surface area contributed by atoms with Gasteiger partial charge >= 0.3 is 0 Å². The molecule has 0 N–H and O–H groups in total. The molecule has 22 heavy (non-hydrogen) atoms. The minimum absolute atomic E-state index is 0.0681. The molecule has 0 fully saturated rings. The van der Waals surface area contributed by atoms with Crippen LogP contribution in [0, 0.1) is 0 Å². The number of fused-ring (bicyclic) bond motifs is 1. The van der Waals surface area contributed by atoms with E-state index in [0.717, 1.165) is 0 Å². The van der Waals surface area contributed by atoms with Gasteiger partial charge in [0.1, 0.15) is 0 Å². The standard InChI is InChI=1S/C21H18O/c1-3-9-16(10-4-1)20-19-14-8-7-13-18(19)15-22-21(20)17-11-5-2-6-12-17/h1-14,20-21H,15H2/t20-,21-/m0/s1. The van der Waals surface area contributed by atoms with Crippen LogP contribution in [0.5, 0.6) is 0 Å². The summed E-state index contributed by atoms with van der Waals surface area (Å²) in [6.07, 6.45) is 0.0681. The molecule has 1 aliphatic heterocycles. The van der Waals surface area contributed by atoms with E-state index in [9.17, 15) is 0 Å². The topological polar surface area (TPSA) is 9.23 Å². The second-order valence-corrected chi connectivity index (χ2v) is 5.73. The molecule has 1 heterocycles. The van der Waals surface area contributed by atoms with Crippen LogP contribution < -0.4 is 0 Å². The molecule has 0 saturated heterocycles. The average Bonchev–Trinajstić information content (AvgIpc) is 2.62. The van der Waals surface area contributed by atoms with Crippen molar-refractivity contribution in [2.24, 2.45) is 0 Å². The van der Waals surface area contributed by atoms with Crippen LogP contribution in [0.1, 0.15) is 34.3 Å². The summed E-state index contributed by atoms with van der Waals surface area (Å²) >= 11 is 0. The molecular formula is C21H18O. The third-order valence-corrected chi connectivity index (χ3v) is 4.40. The molecule has 108 valence electrons. The SMILES string of the molecule is c1ccc([C@H]2c3ccccc3CO[C@H]2c2ccccc2)cc1. The fraction of sp³-hybridized carbons (Fsp3) is 0.143. The molecule has 3 aromatic carbocycles. The quantitative estimate of drug-likeness (QED) is 0.637. The molecule has 0 radical (unpaired) electrons. The molecule has 0 saturated carbocycles. The molecule has 0 aromatic heterocycles. The van der Waals surface area contributed by atoms with Gasteiger partial charge in [-0.05, 0) is 22.3 Å². The van der Waals surface area contributed by atoms with Gasteiger partial charge in [0.05, 0.1) is 12.7 Å². The molecule has 0 spiro atoms. The summed E-state index contributed by atoms with van der Waals surface area (Å²) in [4.78, 5) is 0. The number of hydrogen-bond acceptors (Lipinski definition) is 1.